The molecular weight excluding hydrogens is 402 g/mol. The van der Waals surface area contributed by atoms with Crippen LogP contribution in [-0.4, -0.2) is 40.2 Å². The number of likely N-dealkylation sites (tertiary alicyclic amines) is 1. The Morgan fingerprint density at radius 3 is 2.77 bits per heavy atom. The molecule has 2 fully saturated rings. The van der Waals surface area contributed by atoms with Gasteiger partial charge in [0.15, 0.2) is 0 Å². The largest absolute Gasteiger partial charge is 0.391 e. The Kier molecular flexibility index (Phi) is 5.79. The molecule has 0 radical (unpaired) electrons. The minimum atomic E-state index is -4.25. The smallest absolute Gasteiger partial charge is 0.342 e. The van der Waals surface area contributed by atoms with Crippen molar-refractivity contribution < 1.29 is 26.9 Å². The van der Waals surface area contributed by atoms with Crippen LogP contribution in [0.3, 0.4) is 0 Å². The summed E-state index contributed by atoms with van der Waals surface area (Å²) in [6.07, 6.45) is -1.92. The van der Waals surface area contributed by atoms with E-state index in [0.717, 1.165) is 6.42 Å². The summed E-state index contributed by atoms with van der Waals surface area (Å²) in [4.78, 5) is 18.9. The van der Waals surface area contributed by atoms with Crippen LogP contribution in [0.15, 0.2) is 28.8 Å². The third-order valence-electron chi connectivity index (χ3n) is 6.09. The second-order valence-electron chi connectivity index (χ2n) is 8.19. The zero-order valence-electron chi connectivity index (χ0n) is 16.4. The first kappa shape index (κ1) is 20.8. The van der Waals surface area contributed by atoms with Gasteiger partial charge in [0.25, 0.3) is 0 Å². The molecule has 4 rings (SSSR count). The molecule has 1 aliphatic heterocycles. The summed E-state index contributed by atoms with van der Waals surface area (Å²) >= 11 is 0. The highest BCUT2D eigenvalue weighted by Gasteiger charge is 2.44. The highest BCUT2D eigenvalue weighted by atomic mass is 19.4. The molecule has 3 unspecified atom stereocenters. The zero-order chi connectivity index (χ0) is 21.3. The van der Waals surface area contributed by atoms with E-state index in [1.165, 1.54) is 12.1 Å². The standard InChI is InChI=1S/C21H23F4N3O2/c22-17-8-2-4-13(11-17)18-26-19(30-27-18)15-6-3-9-28(12-15)20(29)14-5-1-7-16(10-14)21(23,24)25/h2,4,8,11,14-16H,1,3,5-7,9-10,12H2. The van der Waals surface area contributed by atoms with Crippen molar-refractivity contribution in [1.82, 2.24) is 15.0 Å². The fourth-order valence-corrected chi connectivity index (χ4v) is 4.49. The van der Waals surface area contributed by atoms with Crippen molar-refractivity contribution in [2.45, 2.75) is 50.6 Å². The maximum absolute atomic E-state index is 13.4. The van der Waals surface area contributed by atoms with Gasteiger partial charge in [0.2, 0.25) is 17.6 Å². The Bertz CT molecular complexity index is 898. The van der Waals surface area contributed by atoms with Crippen LogP contribution in [0.2, 0.25) is 0 Å². The molecule has 9 heteroatoms. The average molecular weight is 425 g/mol. The Balaban J connectivity index is 1.43. The summed E-state index contributed by atoms with van der Waals surface area (Å²) < 4.78 is 58.1. The number of amides is 1. The van der Waals surface area contributed by atoms with Gasteiger partial charge in [-0.1, -0.05) is 23.7 Å². The maximum atomic E-state index is 13.4. The van der Waals surface area contributed by atoms with Gasteiger partial charge in [0.05, 0.1) is 11.8 Å². The lowest BCUT2D eigenvalue weighted by Crippen LogP contribution is -2.44. The Morgan fingerprint density at radius 2 is 2.00 bits per heavy atom. The molecule has 3 atom stereocenters. The predicted octanol–water partition coefficient (Wildman–Crippen LogP) is 4.95. The SMILES string of the molecule is O=C(C1CCCC(C(F)(F)F)C1)N1CCCC(c2nc(-c3cccc(F)c3)no2)C1. The molecule has 0 bridgehead atoms. The molecule has 1 aliphatic carbocycles. The van der Waals surface area contributed by atoms with Crippen LogP contribution >= 0.6 is 0 Å². The van der Waals surface area contributed by atoms with Gasteiger partial charge in [-0.15, -0.1) is 0 Å². The monoisotopic (exact) mass is 425 g/mol. The molecule has 162 valence electrons. The topological polar surface area (TPSA) is 59.2 Å². The highest BCUT2D eigenvalue weighted by molar-refractivity contribution is 5.79. The summed E-state index contributed by atoms with van der Waals surface area (Å²) in [7, 11) is 0. The number of carbonyl (C=O) groups excluding carboxylic acids is 1. The van der Waals surface area contributed by atoms with Crippen molar-refractivity contribution in [3.63, 3.8) is 0 Å². The average Bonchev–Trinajstić information content (AvgIpc) is 3.23. The number of piperidine rings is 1. The Labute approximate surface area is 171 Å². The van der Waals surface area contributed by atoms with Crippen molar-refractivity contribution in [3.8, 4) is 11.4 Å². The normalized spacial score (nSPS) is 25.3. The molecule has 2 heterocycles. The summed E-state index contributed by atoms with van der Waals surface area (Å²) in [6.45, 7) is 0.865. The van der Waals surface area contributed by atoms with Crippen LogP contribution in [0.25, 0.3) is 11.4 Å². The molecule has 1 amide bonds. The van der Waals surface area contributed by atoms with Crippen molar-refractivity contribution in [1.29, 1.82) is 0 Å². The van der Waals surface area contributed by atoms with E-state index in [4.69, 9.17) is 4.52 Å². The van der Waals surface area contributed by atoms with E-state index in [2.05, 4.69) is 10.1 Å². The van der Waals surface area contributed by atoms with Crippen molar-refractivity contribution >= 4 is 5.91 Å². The van der Waals surface area contributed by atoms with Gasteiger partial charge >= 0.3 is 6.18 Å². The fraction of sp³-hybridized carbons (Fsp3) is 0.571. The molecule has 1 saturated carbocycles. The lowest BCUT2D eigenvalue weighted by molar-refractivity contribution is -0.187. The number of alkyl halides is 3. The number of nitrogens with zero attached hydrogens (tertiary/aromatic N) is 3. The van der Waals surface area contributed by atoms with Crippen LogP contribution < -0.4 is 0 Å². The van der Waals surface area contributed by atoms with Gasteiger partial charge in [0.1, 0.15) is 5.82 Å². The number of carbonyl (C=O) groups is 1. The van der Waals surface area contributed by atoms with Crippen LogP contribution in [0.4, 0.5) is 17.6 Å². The molecule has 1 aromatic carbocycles. The minimum Gasteiger partial charge on any atom is -0.342 e. The van der Waals surface area contributed by atoms with Gasteiger partial charge in [-0.2, -0.15) is 18.2 Å². The third-order valence-corrected chi connectivity index (χ3v) is 6.09. The molecule has 2 aromatic rings. The van der Waals surface area contributed by atoms with Crippen LogP contribution in [0, 0.1) is 17.7 Å². The highest BCUT2D eigenvalue weighted by Crippen LogP contribution is 2.41. The Hall–Kier alpha value is -2.45. The van der Waals surface area contributed by atoms with Crippen LogP contribution in [0.5, 0.6) is 0 Å². The van der Waals surface area contributed by atoms with Crippen LogP contribution in [0.1, 0.15) is 50.3 Å². The number of halogens is 4. The minimum absolute atomic E-state index is 0.0980. The number of hydrogen-bond donors (Lipinski definition) is 0. The number of rotatable bonds is 3. The van der Waals surface area contributed by atoms with Crippen molar-refractivity contribution in [3.05, 3.63) is 36.0 Å². The summed E-state index contributed by atoms with van der Waals surface area (Å²) in [6, 6.07) is 5.86. The van der Waals surface area contributed by atoms with Gasteiger partial charge in [0, 0.05) is 24.6 Å². The molecule has 30 heavy (non-hydrogen) atoms. The lowest BCUT2D eigenvalue weighted by atomic mass is 9.80. The first-order valence-corrected chi connectivity index (χ1v) is 10.3. The Morgan fingerprint density at radius 1 is 1.17 bits per heavy atom. The summed E-state index contributed by atoms with van der Waals surface area (Å²) in [5.41, 5.74) is 0.495. The van der Waals surface area contributed by atoms with E-state index in [-0.39, 0.29) is 30.5 Å². The molecule has 0 N–H and O–H groups in total. The second kappa shape index (κ2) is 8.35. The quantitative estimate of drug-likeness (QED) is 0.653. The van der Waals surface area contributed by atoms with E-state index in [1.807, 2.05) is 0 Å². The van der Waals surface area contributed by atoms with E-state index < -0.39 is 23.8 Å². The van der Waals surface area contributed by atoms with Crippen molar-refractivity contribution in [2.24, 2.45) is 11.8 Å². The van der Waals surface area contributed by atoms with E-state index in [0.29, 0.717) is 43.8 Å². The molecule has 1 aromatic heterocycles. The van der Waals surface area contributed by atoms with E-state index >= 15 is 0 Å². The lowest BCUT2D eigenvalue weighted by Gasteiger charge is -2.36. The fourth-order valence-electron chi connectivity index (χ4n) is 4.49. The van der Waals surface area contributed by atoms with E-state index in [1.54, 1.807) is 17.0 Å². The molecule has 5 nitrogen and oxygen atoms in total. The second-order valence-corrected chi connectivity index (χ2v) is 8.19. The number of benzene rings is 1. The summed E-state index contributed by atoms with van der Waals surface area (Å²) in [5, 5.41) is 3.92. The molecular formula is C21H23F4N3O2. The zero-order valence-corrected chi connectivity index (χ0v) is 16.4. The number of aromatic nitrogens is 2. The maximum Gasteiger partial charge on any atom is 0.391 e. The van der Waals surface area contributed by atoms with Gasteiger partial charge in [-0.05, 0) is 44.2 Å². The number of hydrogen-bond acceptors (Lipinski definition) is 4. The first-order chi connectivity index (χ1) is 14.3. The summed E-state index contributed by atoms with van der Waals surface area (Å²) in [5.74, 6) is -2.15. The van der Waals surface area contributed by atoms with Gasteiger partial charge in [-0.3, -0.25) is 4.79 Å². The third kappa shape index (κ3) is 4.49. The van der Waals surface area contributed by atoms with Crippen LogP contribution in [-0.2, 0) is 4.79 Å². The van der Waals surface area contributed by atoms with E-state index in [9.17, 15) is 22.4 Å². The van der Waals surface area contributed by atoms with Gasteiger partial charge < -0.3 is 9.42 Å². The predicted molar refractivity (Wildman–Crippen MR) is 99.8 cm³/mol. The molecule has 0 spiro atoms. The van der Waals surface area contributed by atoms with Gasteiger partial charge in [-0.25, -0.2) is 4.39 Å². The molecule has 1 saturated heterocycles. The van der Waals surface area contributed by atoms with Crippen molar-refractivity contribution in [2.75, 3.05) is 13.1 Å². The molecule has 2 aliphatic rings. The first-order valence-electron chi connectivity index (χ1n) is 10.3.